The second-order valence-corrected chi connectivity index (χ2v) is 9.87. The highest BCUT2D eigenvalue weighted by atomic mass is 19.1. The maximum absolute atomic E-state index is 15.4. The predicted molar refractivity (Wildman–Crippen MR) is 174 cm³/mol. The van der Waals surface area contributed by atoms with Crippen LogP contribution in [0.15, 0.2) is 96.1 Å². The summed E-state index contributed by atoms with van der Waals surface area (Å²) in [4.78, 5) is 29.8. The van der Waals surface area contributed by atoms with Crippen LogP contribution in [0.25, 0.3) is 22.6 Å². The van der Waals surface area contributed by atoms with E-state index in [1.807, 2.05) is 6.07 Å². The fraction of sp³-hybridized carbons (Fsp3) is 0.114. The number of halogens is 2. The van der Waals surface area contributed by atoms with Gasteiger partial charge in [-0.3, -0.25) is 14.2 Å². The van der Waals surface area contributed by atoms with E-state index in [2.05, 4.69) is 10.3 Å². The first-order valence-electron chi connectivity index (χ1n) is 14.3. The van der Waals surface area contributed by atoms with E-state index in [0.717, 1.165) is 17.8 Å². The lowest BCUT2D eigenvalue weighted by atomic mass is 10.0. The van der Waals surface area contributed by atoms with Crippen molar-refractivity contribution in [3.63, 3.8) is 0 Å². The number of aromatic amines is 1. The molecule has 1 amide bonds. The van der Waals surface area contributed by atoms with Crippen molar-refractivity contribution in [2.75, 3.05) is 26.1 Å². The van der Waals surface area contributed by atoms with E-state index in [1.54, 1.807) is 31.3 Å². The molecule has 10 nitrogen and oxygen atoms in total. The van der Waals surface area contributed by atoms with Gasteiger partial charge in [0.2, 0.25) is 0 Å². The third kappa shape index (κ3) is 6.91. The van der Waals surface area contributed by atoms with Crippen LogP contribution in [0.4, 0.5) is 14.5 Å². The molecule has 12 heteroatoms. The van der Waals surface area contributed by atoms with E-state index < -0.39 is 23.1 Å². The highest BCUT2D eigenvalue weighted by Crippen LogP contribution is 2.36. The smallest absolute Gasteiger partial charge is 0.271 e. The molecule has 5 rings (SSSR count). The van der Waals surface area contributed by atoms with Gasteiger partial charge >= 0.3 is 0 Å². The van der Waals surface area contributed by atoms with Crippen molar-refractivity contribution < 1.29 is 32.5 Å². The molecule has 3 N–H and O–H groups in total. The first-order valence-corrected chi connectivity index (χ1v) is 14.3. The monoisotopic (exact) mass is 640 g/mol. The average Bonchev–Trinajstić information content (AvgIpc) is 3.56. The number of amides is 1. The Kier molecular flexibility index (Phi) is 9.80. The lowest BCUT2D eigenvalue weighted by molar-refractivity contribution is 0.102. The van der Waals surface area contributed by atoms with Gasteiger partial charge in [0.1, 0.15) is 17.1 Å². The lowest BCUT2D eigenvalue weighted by Gasteiger charge is -2.15. The van der Waals surface area contributed by atoms with Gasteiger partial charge in [0.15, 0.2) is 28.8 Å². The Balaban J connectivity index is 1.41. The molecule has 47 heavy (non-hydrogen) atoms. The Morgan fingerprint density at radius 3 is 2.36 bits per heavy atom. The number of carbonyl (C=O) groups is 1. The standard InChI is InChI=1S/C35H30F2N4O6/c1-4-46-29-15-18-41(24-9-6-22(36)7-10-24)35(43)32(29)34(42)40-23-8-12-27(26(37)20-23)47-30(13-16-38)33-25(14-17-39-33)21-5-11-28(44-2)31(19-21)45-3/h5-20,38-39H,4H2,1-3H3,(H,40,42)/b30-13+,38-16?. The number of pyridine rings is 1. The number of allylic oxidation sites excluding steroid dienone is 1. The molecule has 0 spiro atoms. The highest BCUT2D eigenvalue weighted by molar-refractivity contribution is 6.06. The summed E-state index contributed by atoms with van der Waals surface area (Å²) >= 11 is 0. The van der Waals surface area contributed by atoms with Crippen molar-refractivity contribution >= 4 is 23.6 Å². The SMILES string of the molecule is CCOc1ccn(-c2ccc(F)cc2)c(=O)c1C(=O)Nc1ccc(O/C(=C/C=N)c2[nH]ccc2-c2ccc(OC)c(OC)c2)c(F)c1. The molecule has 0 radical (unpaired) electrons. The van der Waals surface area contributed by atoms with Crippen molar-refractivity contribution in [3.05, 3.63) is 125 Å². The Hall–Kier alpha value is -6.17. The van der Waals surface area contributed by atoms with Crippen molar-refractivity contribution in [2.45, 2.75) is 6.92 Å². The second kappa shape index (κ2) is 14.3. The van der Waals surface area contributed by atoms with E-state index in [0.29, 0.717) is 28.4 Å². The first kappa shape index (κ1) is 32.2. The number of anilines is 1. The normalized spacial score (nSPS) is 11.1. The van der Waals surface area contributed by atoms with Gasteiger partial charge < -0.3 is 34.7 Å². The summed E-state index contributed by atoms with van der Waals surface area (Å²) in [6, 6.07) is 17.6. The molecule has 0 bridgehead atoms. The summed E-state index contributed by atoms with van der Waals surface area (Å²) < 4.78 is 52.3. The molecule has 0 saturated heterocycles. The van der Waals surface area contributed by atoms with Crippen LogP contribution in [0.5, 0.6) is 23.0 Å². The van der Waals surface area contributed by atoms with Crippen LogP contribution >= 0.6 is 0 Å². The van der Waals surface area contributed by atoms with Crippen molar-refractivity contribution in [1.29, 1.82) is 5.41 Å². The van der Waals surface area contributed by atoms with Crippen LogP contribution in [0.3, 0.4) is 0 Å². The van der Waals surface area contributed by atoms with Crippen molar-refractivity contribution in [2.24, 2.45) is 0 Å². The quantitative estimate of drug-likeness (QED) is 0.101. The third-order valence-electron chi connectivity index (χ3n) is 7.02. The largest absolute Gasteiger partial charge is 0.493 e. The third-order valence-corrected chi connectivity index (χ3v) is 7.02. The first-order chi connectivity index (χ1) is 22.8. The van der Waals surface area contributed by atoms with Crippen LogP contribution in [-0.2, 0) is 0 Å². The Labute approximate surface area is 268 Å². The van der Waals surface area contributed by atoms with Crippen molar-refractivity contribution in [3.8, 4) is 39.8 Å². The van der Waals surface area contributed by atoms with Gasteiger partial charge in [0.25, 0.3) is 11.5 Å². The van der Waals surface area contributed by atoms with E-state index >= 15 is 4.39 Å². The summed E-state index contributed by atoms with van der Waals surface area (Å²) in [6.07, 6.45) is 5.47. The van der Waals surface area contributed by atoms with E-state index in [9.17, 15) is 14.0 Å². The van der Waals surface area contributed by atoms with E-state index in [-0.39, 0.29) is 35.1 Å². The van der Waals surface area contributed by atoms with Crippen LogP contribution in [0.2, 0.25) is 0 Å². The number of benzene rings is 3. The van der Waals surface area contributed by atoms with Gasteiger partial charge in [0, 0.05) is 47.7 Å². The fourth-order valence-electron chi connectivity index (χ4n) is 4.84. The number of rotatable bonds is 12. The molecule has 2 heterocycles. The van der Waals surface area contributed by atoms with Gasteiger partial charge in [0.05, 0.1) is 26.5 Å². The number of hydrogen-bond donors (Lipinski definition) is 3. The van der Waals surface area contributed by atoms with Gasteiger partial charge in [-0.25, -0.2) is 8.78 Å². The zero-order valence-corrected chi connectivity index (χ0v) is 25.6. The second-order valence-electron chi connectivity index (χ2n) is 9.87. The molecule has 0 fully saturated rings. The molecule has 5 aromatic rings. The number of aromatic nitrogens is 2. The molecule has 0 aliphatic heterocycles. The molecule has 3 aromatic carbocycles. The van der Waals surface area contributed by atoms with Crippen LogP contribution in [0.1, 0.15) is 23.0 Å². The van der Waals surface area contributed by atoms with Crippen LogP contribution in [0, 0.1) is 17.0 Å². The zero-order valence-electron chi connectivity index (χ0n) is 25.6. The van der Waals surface area contributed by atoms with Crippen LogP contribution in [-0.4, -0.2) is 42.5 Å². The number of nitrogens with one attached hydrogen (secondary N) is 3. The maximum Gasteiger partial charge on any atom is 0.271 e. The molecule has 0 unspecified atom stereocenters. The molecular weight excluding hydrogens is 610 g/mol. The van der Waals surface area contributed by atoms with E-state index in [1.165, 1.54) is 73.5 Å². The fourth-order valence-corrected chi connectivity index (χ4v) is 4.84. The molecule has 2 aromatic heterocycles. The zero-order chi connectivity index (χ0) is 33.5. The molecule has 0 aliphatic carbocycles. The topological polar surface area (TPSA) is 128 Å². The Bertz CT molecular complexity index is 2020. The lowest BCUT2D eigenvalue weighted by Crippen LogP contribution is -2.29. The maximum atomic E-state index is 15.4. The summed E-state index contributed by atoms with van der Waals surface area (Å²) in [6.45, 7) is 1.88. The van der Waals surface area contributed by atoms with Gasteiger partial charge in [-0.15, -0.1) is 0 Å². The number of nitrogens with zero attached hydrogens (tertiary/aromatic N) is 1. The van der Waals surface area contributed by atoms with Crippen molar-refractivity contribution in [1.82, 2.24) is 9.55 Å². The Morgan fingerprint density at radius 1 is 0.936 bits per heavy atom. The molecule has 0 atom stereocenters. The highest BCUT2D eigenvalue weighted by Gasteiger charge is 2.22. The minimum atomic E-state index is -0.835. The summed E-state index contributed by atoms with van der Waals surface area (Å²) in [5, 5.41) is 10.2. The summed E-state index contributed by atoms with van der Waals surface area (Å²) in [5.74, 6) is -1.07. The molecule has 0 saturated carbocycles. The average molecular weight is 641 g/mol. The number of ether oxygens (including phenoxy) is 4. The number of methoxy groups -OCH3 is 2. The number of H-pyrrole nitrogens is 1. The van der Waals surface area contributed by atoms with Crippen LogP contribution < -0.4 is 29.8 Å². The number of carbonyl (C=O) groups excluding carboxylic acids is 1. The minimum Gasteiger partial charge on any atom is -0.493 e. The minimum absolute atomic E-state index is 0.0337. The Morgan fingerprint density at radius 2 is 1.68 bits per heavy atom. The molecule has 0 aliphatic rings. The molecule has 240 valence electrons. The van der Waals surface area contributed by atoms with E-state index in [4.69, 9.17) is 24.4 Å². The number of hydrogen-bond acceptors (Lipinski definition) is 7. The summed E-state index contributed by atoms with van der Waals surface area (Å²) in [7, 11) is 3.06. The molecular formula is C35H30F2N4O6. The van der Waals surface area contributed by atoms with Gasteiger partial charge in [-0.1, -0.05) is 6.07 Å². The van der Waals surface area contributed by atoms with Gasteiger partial charge in [-0.05, 0) is 73.2 Å². The van der Waals surface area contributed by atoms with Gasteiger partial charge in [-0.2, -0.15) is 0 Å². The predicted octanol–water partition coefficient (Wildman–Crippen LogP) is 6.85. The summed E-state index contributed by atoms with van der Waals surface area (Å²) in [5.41, 5.74) is 1.28.